The van der Waals surface area contributed by atoms with E-state index in [0.717, 1.165) is 118 Å². The molecule has 0 aliphatic heterocycles. The highest BCUT2D eigenvalue weighted by molar-refractivity contribution is 5.89. The first kappa shape index (κ1) is 84.0. The summed E-state index contributed by atoms with van der Waals surface area (Å²) < 4.78 is 0. The Labute approximate surface area is 770 Å². The van der Waals surface area contributed by atoms with Crippen LogP contribution in [0.4, 0.5) is 69.0 Å². The van der Waals surface area contributed by atoms with Crippen molar-refractivity contribution in [1.82, 2.24) is 29.9 Å². The topological polar surface area (TPSA) is 90.3 Å². The van der Waals surface area contributed by atoms with Crippen molar-refractivity contribution >= 4 is 69.0 Å². The zero-order valence-electron chi connectivity index (χ0n) is 75.3. The summed E-state index contributed by atoms with van der Waals surface area (Å²) in [5.74, 6) is 8.43. The van der Waals surface area contributed by atoms with Crippen molar-refractivity contribution in [2.45, 2.75) is 228 Å². The van der Waals surface area contributed by atoms with Crippen LogP contribution in [0.25, 0.3) is 66.8 Å². The first-order valence-electron chi connectivity index (χ1n) is 49.3. The molecule has 6 heterocycles. The molecule has 6 fully saturated rings. The van der Waals surface area contributed by atoms with Gasteiger partial charge in [0.2, 0.25) is 0 Å². The zero-order chi connectivity index (χ0) is 86.7. The summed E-state index contributed by atoms with van der Waals surface area (Å²) in [6.07, 6.45) is 51.2. The van der Waals surface area contributed by atoms with Gasteiger partial charge in [-0.15, -0.1) is 0 Å². The largest absolute Gasteiger partial charge is 0.295 e. The second-order valence-corrected chi connectivity index (χ2v) is 38.0. The molecule has 6 saturated carbocycles. The standard InChI is InChI=1S/C120H120N10/c1-7-25-85(26-8-1)91-43-61-103(62-44-91)127(104-63-45-92(46-64-104)86-27-9-2-10-28-86)115-73-55-97(79-121-115)109-37-19-22-40-112(109)100-58-76-118(124-82-100)130(119-77-59-101(83-125-119)113-41-23-20-38-110(113)98-56-74-116(122-80-98)128(105-65-47-93(48-66-105)87-29-11-3-12-30-87)106-67-49-94(50-68-106)88-31-13-4-14-32-88)120-78-60-102(84-126-120)114-42-24-21-39-111(114)99-57-75-117(123-81-99)129(107-69-51-95(52-70-107)89-33-15-5-16-34-89)108-71-53-96(54-72-108)90-35-17-6-18-36-90/h19-24,37-90H,1-18,25-36H2. The molecule has 10 heteroatoms. The Bertz CT molecular complexity index is 5410. The lowest BCUT2D eigenvalue weighted by Gasteiger charge is -2.27. The third-order valence-electron chi connectivity index (χ3n) is 29.9. The van der Waals surface area contributed by atoms with Crippen LogP contribution < -0.4 is 19.6 Å². The van der Waals surface area contributed by atoms with Gasteiger partial charge in [-0.25, -0.2) is 29.9 Å². The molecular weight excluding hydrogens is 1580 g/mol. The Hall–Kier alpha value is -12.9. The summed E-state index contributed by atoms with van der Waals surface area (Å²) in [7, 11) is 0. The van der Waals surface area contributed by atoms with Crippen molar-refractivity contribution in [3.63, 3.8) is 0 Å². The summed E-state index contributed by atoms with van der Waals surface area (Å²) in [5.41, 5.74) is 27.8. The van der Waals surface area contributed by atoms with Crippen molar-refractivity contribution in [2.24, 2.45) is 0 Å². The van der Waals surface area contributed by atoms with E-state index in [1.54, 1.807) is 0 Å². The van der Waals surface area contributed by atoms with Crippen molar-refractivity contribution in [3.05, 3.63) is 362 Å². The van der Waals surface area contributed by atoms with Crippen molar-refractivity contribution in [2.75, 3.05) is 19.6 Å². The van der Waals surface area contributed by atoms with Crippen LogP contribution in [0.5, 0.6) is 0 Å². The van der Waals surface area contributed by atoms with Gasteiger partial charge in [-0.05, 0) is 325 Å². The van der Waals surface area contributed by atoms with E-state index in [0.29, 0.717) is 53.0 Å². The molecule has 0 atom stereocenters. The van der Waals surface area contributed by atoms with Crippen LogP contribution in [0.15, 0.2) is 328 Å². The van der Waals surface area contributed by atoms with Gasteiger partial charge >= 0.3 is 0 Å². The van der Waals surface area contributed by atoms with Gasteiger partial charge in [-0.3, -0.25) is 19.6 Å². The van der Waals surface area contributed by atoms with E-state index in [1.807, 2.05) is 37.2 Å². The molecule has 6 aliphatic rings. The minimum absolute atomic E-state index is 0.629. The molecule has 15 aromatic rings. The van der Waals surface area contributed by atoms with Gasteiger partial charge in [0.1, 0.15) is 34.9 Å². The Morgan fingerprint density at radius 2 is 0.292 bits per heavy atom. The van der Waals surface area contributed by atoms with E-state index in [2.05, 4.69) is 311 Å². The number of anilines is 12. The smallest absolute Gasteiger partial charge is 0.139 e. The SMILES string of the molecule is c1ccc(-c2ccc(N(c3ccc(-c4ccccc4-c4ccc(N(c5ccc(C6CCCCC6)cc5)c5ccc(C6CCCCC6)cc5)nc4)cn3)c3ccc(-c4ccccc4-c4ccc(N(c5ccc(C6CCCCC6)cc5)c5ccc(C6CCCCC6)cc5)nc4)cn3)nc2)c(-c2ccc(N(c3ccc(C4CCCCC4)cc3)c3ccc(C4CCCCC4)cc3)nc2)c1. The zero-order valence-corrected chi connectivity index (χ0v) is 75.3. The highest BCUT2D eigenvalue weighted by atomic mass is 15.3. The molecule has 21 rings (SSSR count). The van der Waals surface area contributed by atoms with E-state index in [-0.39, 0.29) is 0 Å². The first-order valence-corrected chi connectivity index (χ1v) is 49.3. The van der Waals surface area contributed by atoms with Gasteiger partial charge in [0.15, 0.2) is 0 Å². The maximum Gasteiger partial charge on any atom is 0.139 e. The third kappa shape index (κ3) is 18.6. The summed E-state index contributed by atoms with van der Waals surface area (Å²) in [4.78, 5) is 41.3. The predicted molar refractivity (Wildman–Crippen MR) is 540 cm³/mol. The Kier molecular flexibility index (Phi) is 25.6. The minimum Gasteiger partial charge on any atom is -0.295 e. The first-order chi connectivity index (χ1) is 64.4. The lowest BCUT2D eigenvalue weighted by molar-refractivity contribution is 0.443. The molecule has 0 N–H and O–H groups in total. The normalized spacial score (nSPS) is 16.4. The van der Waals surface area contributed by atoms with Gasteiger partial charge in [0, 0.05) is 105 Å². The molecule has 0 bridgehead atoms. The fourth-order valence-electron chi connectivity index (χ4n) is 22.6. The number of hydrogen-bond donors (Lipinski definition) is 0. The van der Waals surface area contributed by atoms with E-state index in [1.165, 1.54) is 226 Å². The number of nitrogens with zero attached hydrogens (tertiary/aromatic N) is 10. The highest BCUT2D eigenvalue weighted by Crippen LogP contribution is 2.48. The second-order valence-electron chi connectivity index (χ2n) is 38.0. The van der Waals surface area contributed by atoms with Gasteiger partial charge < -0.3 is 0 Å². The number of benzene rings is 9. The van der Waals surface area contributed by atoms with Gasteiger partial charge in [0.25, 0.3) is 0 Å². The maximum atomic E-state index is 5.40. The second kappa shape index (κ2) is 39.6. The van der Waals surface area contributed by atoms with Crippen molar-refractivity contribution in [3.8, 4) is 66.8 Å². The molecule has 9 aromatic carbocycles. The lowest BCUT2D eigenvalue weighted by atomic mass is 9.84. The van der Waals surface area contributed by atoms with E-state index in [9.17, 15) is 0 Å². The molecule has 6 aromatic heterocycles. The number of rotatable bonds is 24. The molecule has 0 spiro atoms. The van der Waals surface area contributed by atoms with E-state index >= 15 is 0 Å². The van der Waals surface area contributed by atoms with Gasteiger partial charge in [0.05, 0.1) is 0 Å². The minimum atomic E-state index is 0.629. The quantitative estimate of drug-likeness (QED) is 0.0583. The summed E-state index contributed by atoms with van der Waals surface area (Å²) in [6, 6.07) is 108. The van der Waals surface area contributed by atoms with Crippen LogP contribution in [-0.2, 0) is 0 Å². The molecule has 10 nitrogen and oxygen atoms in total. The van der Waals surface area contributed by atoms with Crippen LogP contribution in [0.3, 0.4) is 0 Å². The fourth-order valence-corrected chi connectivity index (χ4v) is 22.6. The Balaban J connectivity index is 0.595. The summed E-state index contributed by atoms with van der Waals surface area (Å²) >= 11 is 0. The monoisotopic (exact) mass is 1700 g/mol. The van der Waals surface area contributed by atoms with Crippen LogP contribution >= 0.6 is 0 Å². The van der Waals surface area contributed by atoms with Crippen LogP contribution in [0.1, 0.15) is 262 Å². The van der Waals surface area contributed by atoms with Gasteiger partial charge in [-0.2, -0.15) is 0 Å². The molecule has 650 valence electrons. The molecule has 6 aliphatic carbocycles. The molecular formula is C120H120N10. The van der Waals surface area contributed by atoms with Crippen molar-refractivity contribution in [1.29, 1.82) is 0 Å². The van der Waals surface area contributed by atoms with Crippen LogP contribution in [0.2, 0.25) is 0 Å². The average molecular weight is 1700 g/mol. The van der Waals surface area contributed by atoms with Crippen molar-refractivity contribution < 1.29 is 0 Å². The molecule has 130 heavy (non-hydrogen) atoms. The number of aromatic nitrogens is 6. The number of pyridine rings is 6. The molecule has 0 unspecified atom stereocenters. The van der Waals surface area contributed by atoms with Crippen LogP contribution in [-0.4, -0.2) is 29.9 Å². The van der Waals surface area contributed by atoms with E-state index < -0.39 is 0 Å². The average Bonchev–Trinajstić information content (AvgIpc) is 0.792. The maximum absolute atomic E-state index is 5.40. The third-order valence-corrected chi connectivity index (χ3v) is 29.9. The molecule has 0 radical (unpaired) electrons. The van der Waals surface area contributed by atoms with Crippen LogP contribution in [0, 0.1) is 0 Å². The molecule has 0 amide bonds. The summed E-state index contributed by atoms with van der Waals surface area (Å²) in [5, 5.41) is 0. The summed E-state index contributed by atoms with van der Waals surface area (Å²) in [6.45, 7) is 0. The predicted octanol–water partition coefficient (Wildman–Crippen LogP) is 34.2. The Morgan fingerprint density at radius 3 is 0.431 bits per heavy atom. The fraction of sp³-hybridized carbons (Fsp3) is 0.300. The molecule has 0 saturated heterocycles. The van der Waals surface area contributed by atoms with Gasteiger partial charge in [-0.1, -0.05) is 261 Å². The van der Waals surface area contributed by atoms with E-state index in [4.69, 9.17) is 29.9 Å². The Morgan fingerprint density at radius 1 is 0.146 bits per heavy atom. The lowest BCUT2D eigenvalue weighted by Crippen LogP contribution is -2.14. The highest BCUT2D eigenvalue weighted by Gasteiger charge is 2.28. The number of hydrogen-bond acceptors (Lipinski definition) is 10.